The molecule has 11 heteroatoms. The summed E-state index contributed by atoms with van der Waals surface area (Å²) in [7, 11) is 0. The van der Waals surface area contributed by atoms with Crippen molar-refractivity contribution in [3.8, 4) is 22.9 Å². The molecule has 0 fully saturated rings. The van der Waals surface area contributed by atoms with Crippen molar-refractivity contribution in [3.63, 3.8) is 0 Å². The maximum absolute atomic E-state index is 12.3. The quantitative estimate of drug-likeness (QED) is 0.428. The summed E-state index contributed by atoms with van der Waals surface area (Å²) in [6.07, 6.45) is 2.62. The van der Waals surface area contributed by atoms with Crippen LogP contribution in [0.25, 0.3) is 11.1 Å². The Balaban J connectivity index is 1.38. The molecule has 1 atom stereocenters. The van der Waals surface area contributed by atoms with Gasteiger partial charge in [-0.15, -0.1) is 0 Å². The van der Waals surface area contributed by atoms with Crippen LogP contribution < -0.4 is 9.47 Å². The zero-order valence-corrected chi connectivity index (χ0v) is 15.5. The average molecular weight is 418 g/mol. The molecule has 3 aromatic rings. The summed E-state index contributed by atoms with van der Waals surface area (Å²) in [6.45, 7) is -2.06. The molecule has 9 nitrogen and oxygen atoms in total. The van der Waals surface area contributed by atoms with Gasteiger partial charge in [0.1, 0.15) is 24.7 Å². The van der Waals surface area contributed by atoms with Gasteiger partial charge in [-0.1, -0.05) is 12.1 Å². The largest absolute Gasteiger partial charge is 0.443 e. The number of hydrogen-bond donors (Lipinski definition) is 0. The van der Waals surface area contributed by atoms with Gasteiger partial charge in [-0.3, -0.25) is 9.55 Å². The fraction of sp³-hybridized carbons (Fsp3) is 0.263. The van der Waals surface area contributed by atoms with Crippen LogP contribution >= 0.6 is 0 Å². The molecule has 156 valence electrons. The van der Waals surface area contributed by atoms with Crippen molar-refractivity contribution < 1.29 is 27.9 Å². The van der Waals surface area contributed by atoms with E-state index in [-0.39, 0.29) is 36.9 Å². The molecule has 1 aromatic carbocycles. The molecule has 0 saturated carbocycles. The van der Waals surface area contributed by atoms with Crippen LogP contribution in [0, 0.1) is 10.1 Å². The number of ether oxygens (including phenoxy) is 3. The van der Waals surface area contributed by atoms with Gasteiger partial charge >= 0.3 is 18.4 Å². The van der Waals surface area contributed by atoms with Gasteiger partial charge in [0.2, 0.25) is 0 Å². The Hall–Kier alpha value is -3.60. The summed E-state index contributed by atoms with van der Waals surface area (Å²) in [6, 6.07) is 10.1. The number of benzene rings is 1. The molecule has 4 rings (SSSR count). The van der Waals surface area contributed by atoms with E-state index in [2.05, 4.69) is 14.7 Å². The van der Waals surface area contributed by atoms with Gasteiger partial charge in [0, 0.05) is 11.2 Å². The standard InChI is InChI=1S/C19H16F2N4O5/c20-18(21)30-15-3-1-12(2-4-15)13-5-6-22-14(7-13)10-28-16-8-24-9-17(25(26)27)23-19(24)29-11-16/h1-7,9,16,18H,8,10-11H2/t16-/m0/s1. The van der Waals surface area contributed by atoms with Gasteiger partial charge in [-0.05, 0) is 40.3 Å². The highest BCUT2D eigenvalue weighted by Gasteiger charge is 2.28. The Morgan fingerprint density at radius 1 is 1.27 bits per heavy atom. The van der Waals surface area contributed by atoms with Crippen molar-refractivity contribution in [2.75, 3.05) is 6.61 Å². The third-order valence-corrected chi connectivity index (χ3v) is 4.41. The number of halogens is 2. The molecule has 3 heterocycles. The lowest BCUT2D eigenvalue weighted by molar-refractivity contribution is -0.389. The third kappa shape index (κ3) is 4.51. The van der Waals surface area contributed by atoms with Crippen LogP contribution in [-0.2, 0) is 17.9 Å². The van der Waals surface area contributed by atoms with Crippen molar-refractivity contribution in [2.24, 2.45) is 0 Å². The first-order chi connectivity index (χ1) is 14.5. The summed E-state index contributed by atoms with van der Waals surface area (Å²) in [5.41, 5.74) is 2.33. The first kappa shape index (κ1) is 19.7. The average Bonchev–Trinajstić information content (AvgIpc) is 3.16. The van der Waals surface area contributed by atoms with Gasteiger partial charge in [0.05, 0.1) is 18.8 Å². The lowest BCUT2D eigenvalue weighted by atomic mass is 10.1. The first-order valence-electron chi connectivity index (χ1n) is 8.94. The van der Waals surface area contributed by atoms with Crippen LogP contribution in [0.2, 0.25) is 0 Å². The van der Waals surface area contributed by atoms with Crippen LogP contribution in [0.3, 0.4) is 0 Å². The first-order valence-corrected chi connectivity index (χ1v) is 8.94. The molecule has 0 unspecified atom stereocenters. The zero-order valence-electron chi connectivity index (χ0n) is 15.5. The Kier molecular flexibility index (Phi) is 5.53. The minimum Gasteiger partial charge on any atom is -0.443 e. The van der Waals surface area contributed by atoms with Crippen molar-refractivity contribution in [1.29, 1.82) is 0 Å². The summed E-state index contributed by atoms with van der Waals surface area (Å²) in [5, 5.41) is 10.8. The molecule has 2 aromatic heterocycles. The van der Waals surface area contributed by atoms with E-state index >= 15 is 0 Å². The smallest absolute Gasteiger partial charge is 0.414 e. The molecule has 0 radical (unpaired) electrons. The highest BCUT2D eigenvalue weighted by Crippen LogP contribution is 2.25. The molecule has 1 aliphatic rings. The fourth-order valence-electron chi connectivity index (χ4n) is 3.03. The number of nitrogens with zero attached hydrogens (tertiary/aromatic N) is 4. The van der Waals surface area contributed by atoms with Crippen molar-refractivity contribution in [1.82, 2.24) is 14.5 Å². The number of rotatable bonds is 7. The monoisotopic (exact) mass is 418 g/mol. The van der Waals surface area contributed by atoms with Crippen LogP contribution in [0.1, 0.15) is 5.69 Å². The van der Waals surface area contributed by atoms with E-state index < -0.39 is 11.5 Å². The number of imidazole rings is 1. The van der Waals surface area contributed by atoms with Crippen LogP contribution in [0.5, 0.6) is 11.8 Å². The van der Waals surface area contributed by atoms with Gasteiger partial charge in [0.25, 0.3) is 0 Å². The predicted octanol–water partition coefficient (Wildman–Crippen LogP) is 3.43. The lowest BCUT2D eigenvalue weighted by Gasteiger charge is -2.22. The summed E-state index contributed by atoms with van der Waals surface area (Å²) in [5.74, 6) is -0.187. The third-order valence-electron chi connectivity index (χ3n) is 4.41. The Morgan fingerprint density at radius 2 is 2.07 bits per heavy atom. The van der Waals surface area contributed by atoms with Gasteiger partial charge in [0.15, 0.2) is 0 Å². The number of fused-ring (bicyclic) bond motifs is 1. The molecule has 0 aliphatic carbocycles. The van der Waals surface area contributed by atoms with Gasteiger partial charge in [-0.25, -0.2) is 0 Å². The maximum atomic E-state index is 12.3. The van der Waals surface area contributed by atoms with E-state index in [1.807, 2.05) is 6.07 Å². The second-order valence-corrected chi connectivity index (χ2v) is 6.47. The van der Waals surface area contributed by atoms with Gasteiger partial charge < -0.3 is 24.3 Å². The molecular weight excluding hydrogens is 402 g/mol. The van der Waals surface area contributed by atoms with Gasteiger partial charge in [-0.2, -0.15) is 8.78 Å². The summed E-state index contributed by atoms with van der Waals surface area (Å²) >= 11 is 0. The normalized spacial score (nSPS) is 15.5. The van der Waals surface area contributed by atoms with Crippen LogP contribution in [-0.4, -0.2) is 38.8 Å². The zero-order chi connectivity index (χ0) is 21.1. The second-order valence-electron chi connectivity index (χ2n) is 6.47. The van der Waals surface area contributed by atoms with E-state index in [0.29, 0.717) is 12.2 Å². The van der Waals surface area contributed by atoms with Crippen molar-refractivity contribution in [3.05, 3.63) is 64.6 Å². The number of alkyl halides is 2. The molecule has 1 aliphatic heterocycles. The van der Waals surface area contributed by atoms with E-state index in [0.717, 1.165) is 11.1 Å². The van der Waals surface area contributed by atoms with Crippen LogP contribution in [0.15, 0.2) is 48.8 Å². The minimum atomic E-state index is -2.87. The van der Waals surface area contributed by atoms with Crippen LogP contribution in [0.4, 0.5) is 14.6 Å². The number of nitro groups is 1. The Bertz CT molecular complexity index is 1040. The molecular formula is C19H16F2N4O5. The molecule has 0 saturated heterocycles. The van der Waals surface area contributed by atoms with E-state index in [4.69, 9.17) is 9.47 Å². The summed E-state index contributed by atoms with van der Waals surface area (Å²) in [4.78, 5) is 18.3. The topological polar surface area (TPSA) is 102 Å². The molecule has 0 spiro atoms. The second kappa shape index (κ2) is 8.41. The minimum absolute atomic E-state index is 0.0859. The number of aromatic nitrogens is 3. The highest BCUT2D eigenvalue weighted by molar-refractivity contribution is 5.64. The Morgan fingerprint density at radius 3 is 2.80 bits per heavy atom. The lowest BCUT2D eigenvalue weighted by Crippen LogP contribution is -2.32. The van der Waals surface area contributed by atoms with E-state index in [1.54, 1.807) is 29.0 Å². The molecule has 0 N–H and O–H groups in total. The summed E-state index contributed by atoms with van der Waals surface area (Å²) < 4.78 is 41.7. The van der Waals surface area contributed by atoms with Crippen molar-refractivity contribution >= 4 is 5.82 Å². The highest BCUT2D eigenvalue weighted by atomic mass is 19.3. The Labute approximate surface area is 169 Å². The number of pyridine rings is 1. The molecule has 30 heavy (non-hydrogen) atoms. The molecule has 0 bridgehead atoms. The number of hydrogen-bond acceptors (Lipinski definition) is 7. The maximum Gasteiger partial charge on any atom is 0.414 e. The fourth-order valence-corrected chi connectivity index (χ4v) is 3.03. The predicted molar refractivity (Wildman–Crippen MR) is 99.3 cm³/mol. The molecule has 0 amide bonds. The van der Waals surface area contributed by atoms with E-state index in [1.165, 1.54) is 18.3 Å². The van der Waals surface area contributed by atoms with E-state index in [9.17, 15) is 18.9 Å². The van der Waals surface area contributed by atoms with Crippen molar-refractivity contribution in [2.45, 2.75) is 25.9 Å². The SMILES string of the molecule is O=[N+]([O-])c1cn2c(n1)OC[C@@H](OCc1cc(-c3ccc(OC(F)F)cc3)ccn1)C2.